The van der Waals surface area contributed by atoms with Gasteiger partial charge >= 0.3 is 6.18 Å². The summed E-state index contributed by atoms with van der Waals surface area (Å²) in [5.41, 5.74) is 7.01. The number of hydrogen-bond donors (Lipinski definition) is 1. The van der Waals surface area contributed by atoms with E-state index in [1.807, 2.05) is 24.3 Å². The SMILES string of the molecule is NCC1(c2cccc(Cl)c2)CCC(N2Cc3nnc(C(F)(F)F)n3CC2=O)CC1. The number of nitrogens with two attached hydrogens (primary N) is 1. The van der Waals surface area contributed by atoms with E-state index in [1.165, 1.54) is 0 Å². The van der Waals surface area contributed by atoms with Crippen molar-refractivity contribution in [2.75, 3.05) is 6.54 Å². The molecule has 1 amide bonds. The fourth-order valence-corrected chi connectivity index (χ4v) is 4.71. The van der Waals surface area contributed by atoms with Gasteiger partial charge in [-0.3, -0.25) is 9.36 Å². The van der Waals surface area contributed by atoms with E-state index in [4.69, 9.17) is 17.3 Å². The van der Waals surface area contributed by atoms with E-state index in [-0.39, 0.29) is 36.3 Å². The summed E-state index contributed by atoms with van der Waals surface area (Å²) in [4.78, 5) is 14.3. The molecule has 0 spiro atoms. The quantitative estimate of drug-likeness (QED) is 0.816. The molecule has 1 aromatic heterocycles. The van der Waals surface area contributed by atoms with Crippen LogP contribution in [0.1, 0.15) is 42.9 Å². The van der Waals surface area contributed by atoms with Crippen LogP contribution in [0.4, 0.5) is 13.2 Å². The number of nitrogens with zero attached hydrogens (tertiary/aromatic N) is 4. The zero-order valence-electron chi connectivity index (χ0n) is 15.6. The molecule has 1 aliphatic heterocycles. The maximum absolute atomic E-state index is 13.0. The van der Waals surface area contributed by atoms with E-state index in [9.17, 15) is 18.0 Å². The van der Waals surface area contributed by atoms with E-state index < -0.39 is 12.0 Å². The van der Waals surface area contributed by atoms with Gasteiger partial charge < -0.3 is 10.6 Å². The van der Waals surface area contributed by atoms with E-state index in [0.717, 1.165) is 35.8 Å². The van der Waals surface area contributed by atoms with Crippen molar-refractivity contribution < 1.29 is 18.0 Å². The van der Waals surface area contributed by atoms with Crippen molar-refractivity contribution in [1.82, 2.24) is 19.7 Å². The highest BCUT2D eigenvalue weighted by Gasteiger charge is 2.43. The first-order chi connectivity index (χ1) is 13.7. The Morgan fingerprint density at radius 1 is 1.21 bits per heavy atom. The average Bonchev–Trinajstić information content (AvgIpc) is 3.10. The van der Waals surface area contributed by atoms with Crippen LogP contribution in [0.2, 0.25) is 5.02 Å². The predicted molar refractivity (Wildman–Crippen MR) is 100 cm³/mol. The average molecular weight is 428 g/mol. The predicted octanol–water partition coefficient (Wildman–Crippen LogP) is 3.13. The minimum absolute atomic E-state index is 0.0410. The lowest BCUT2D eigenvalue weighted by Gasteiger charge is -2.44. The van der Waals surface area contributed by atoms with Gasteiger partial charge in [0.05, 0.1) is 6.54 Å². The maximum Gasteiger partial charge on any atom is 0.451 e. The molecule has 0 radical (unpaired) electrons. The van der Waals surface area contributed by atoms with E-state index in [0.29, 0.717) is 11.6 Å². The number of carbonyl (C=O) groups excluding carboxylic acids is 1. The van der Waals surface area contributed by atoms with Crippen molar-refractivity contribution in [3.63, 3.8) is 0 Å². The Morgan fingerprint density at radius 3 is 2.55 bits per heavy atom. The summed E-state index contributed by atoms with van der Waals surface area (Å²) in [5.74, 6) is -1.29. The Bertz CT molecular complexity index is 921. The number of carbonyl (C=O) groups is 1. The summed E-state index contributed by atoms with van der Waals surface area (Å²) < 4.78 is 40.0. The van der Waals surface area contributed by atoms with Gasteiger partial charge in [-0.05, 0) is 43.4 Å². The van der Waals surface area contributed by atoms with Crippen LogP contribution in [0.5, 0.6) is 0 Å². The molecule has 0 unspecified atom stereocenters. The van der Waals surface area contributed by atoms with E-state index in [2.05, 4.69) is 10.2 Å². The van der Waals surface area contributed by atoms with Crippen LogP contribution in [-0.2, 0) is 29.5 Å². The second-order valence-corrected chi connectivity index (χ2v) is 8.21. The Hall–Kier alpha value is -2.13. The highest BCUT2D eigenvalue weighted by Crippen LogP contribution is 2.41. The van der Waals surface area contributed by atoms with Gasteiger partial charge in [-0.25, -0.2) is 0 Å². The van der Waals surface area contributed by atoms with Crippen molar-refractivity contribution in [2.24, 2.45) is 5.73 Å². The molecule has 2 aromatic rings. The lowest BCUT2D eigenvalue weighted by Crippen LogP contribution is -2.50. The van der Waals surface area contributed by atoms with Crippen LogP contribution >= 0.6 is 11.6 Å². The first-order valence-corrected chi connectivity index (χ1v) is 9.86. The summed E-state index contributed by atoms with van der Waals surface area (Å²) in [6.07, 6.45) is -1.64. The molecule has 0 bridgehead atoms. The second-order valence-electron chi connectivity index (χ2n) is 7.77. The number of amides is 1. The van der Waals surface area contributed by atoms with E-state index in [1.54, 1.807) is 4.90 Å². The third-order valence-electron chi connectivity index (χ3n) is 6.19. The molecule has 1 aliphatic carbocycles. The summed E-state index contributed by atoms with van der Waals surface area (Å²) in [7, 11) is 0. The lowest BCUT2D eigenvalue weighted by atomic mass is 9.68. The Balaban J connectivity index is 1.50. The molecule has 2 N–H and O–H groups in total. The van der Waals surface area contributed by atoms with Gasteiger partial charge in [0.1, 0.15) is 6.54 Å². The molecule has 10 heteroatoms. The van der Waals surface area contributed by atoms with E-state index >= 15 is 0 Å². The molecule has 1 aromatic carbocycles. The Labute approximate surface area is 170 Å². The smallest absolute Gasteiger partial charge is 0.331 e. The van der Waals surface area contributed by atoms with Crippen LogP contribution < -0.4 is 5.73 Å². The van der Waals surface area contributed by atoms with Gasteiger partial charge in [0.25, 0.3) is 0 Å². The fraction of sp³-hybridized carbons (Fsp3) is 0.526. The van der Waals surface area contributed by atoms with Gasteiger partial charge in [0.15, 0.2) is 5.82 Å². The van der Waals surface area contributed by atoms with Gasteiger partial charge in [0, 0.05) is 23.0 Å². The van der Waals surface area contributed by atoms with Crippen LogP contribution in [0, 0.1) is 0 Å². The first-order valence-electron chi connectivity index (χ1n) is 9.48. The molecule has 0 saturated heterocycles. The molecule has 0 atom stereocenters. The molecule has 2 aliphatic rings. The van der Waals surface area contributed by atoms with Crippen LogP contribution in [0.3, 0.4) is 0 Å². The van der Waals surface area contributed by atoms with Gasteiger partial charge in [0.2, 0.25) is 11.7 Å². The largest absolute Gasteiger partial charge is 0.451 e. The molecule has 1 saturated carbocycles. The number of alkyl halides is 3. The molecule has 4 rings (SSSR count). The fourth-order valence-electron chi connectivity index (χ4n) is 4.52. The maximum atomic E-state index is 13.0. The third kappa shape index (κ3) is 3.61. The monoisotopic (exact) mass is 427 g/mol. The summed E-state index contributed by atoms with van der Waals surface area (Å²) in [6.45, 7) is 0.126. The van der Waals surface area contributed by atoms with Gasteiger partial charge in [-0.1, -0.05) is 23.7 Å². The van der Waals surface area contributed by atoms with Crippen molar-refractivity contribution in [3.05, 3.63) is 46.5 Å². The van der Waals surface area contributed by atoms with Crippen LogP contribution in [0.15, 0.2) is 24.3 Å². The highest BCUT2D eigenvalue weighted by molar-refractivity contribution is 6.30. The molecule has 6 nitrogen and oxygen atoms in total. The van der Waals surface area contributed by atoms with Crippen molar-refractivity contribution >= 4 is 17.5 Å². The molecule has 1 fully saturated rings. The molecule has 2 heterocycles. The molecule has 29 heavy (non-hydrogen) atoms. The number of aromatic nitrogens is 3. The van der Waals surface area contributed by atoms with Crippen molar-refractivity contribution in [1.29, 1.82) is 0 Å². The number of fused-ring (bicyclic) bond motifs is 1. The minimum atomic E-state index is -4.63. The zero-order valence-corrected chi connectivity index (χ0v) is 16.4. The summed E-state index contributed by atoms with van der Waals surface area (Å²) >= 11 is 6.15. The zero-order chi connectivity index (χ0) is 20.8. The summed E-state index contributed by atoms with van der Waals surface area (Å²) in [6, 6.07) is 7.62. The number of benzene rings is 1. The summed E-state index contributed by atoms with van der Waals surface area (Å²) in [5, 5.41) is 7.57. The van der Waals surface area contributed by atoms with Crippen molar-refractivity contribution in [2.45, 2.75) is 56.4 Å². The lowest BCUT2D eigenvalue weighted by molar-refractivity contribution is -0.150. The normalized spacial score (nSPS) is 25.2. The number of hydrogen-bond acceptors (Lipinski definition) is 4. The molecule has 156 valence electrons. The highest BCUT2D eigenvalue weighted by atomic mass is 35.5. The van der Waals surface area contributed by atoms with Gasteiger partial charge in [-0.15, -0.1) is 10.2 Å². The standard InChI is InChI=1S/C19H21ClF3N5O/c20-13-3-1-2-12(8-13)18(11-24)6-4-14(5-7-18)27-9-15-25-26-17(19(21,22)23)28(15)10-16(27)29/h1-3,8,14H,4-7,9-11,24H2. The Kier molecular flexibility index (Phi) is 5.06. The number of rotatable bonds is 3. The van der Waals surface area contributed by atoms with Crippen LogP contribution in [-0.4, -0.2) is 38.2 Å². The van der Waals surface area contributed by atoms with Gasteiger partial charge in [-0.2, -0.15) is 13.2 Å². The molecular formula is C19H21ClF3N5O. The first kappa shape index (κ1) is 20.2. The molecular weight excluding hydrogens is 407 g/mol. The topological polar surface area (TPSA) is 77.0 Å². The van der Waals surface area contributed by atoms with Crippen molar-refractivity contribution in [3.8, 4) is 0 Å². The van der Waals surface area contributed by atoms with Crippen LogP contribution in [0.25, 0.3) is 0 Å². The Morgan fingerprint density at radius 2 is 1.93 bits per heavy atom. The third-order valence-corrected chi connectivity index (χ3v) is 6.42. The second kappa shape index (κ2) is 7.28. The number of halogens is 4. The minimum Gasteiger partial charge on any atom is -0.331 e.